The van der Waals surface area contributed by atoms with E-state index in [-0.39, 0.29) is 23.9 Å². The molecule has 0 fully saturated rings. The minimum atomic E-state index is -0.986. The molecule has 8 heteroatoms. The van der Waals surface area contributed by atoms with Crippen molar-refractivity contribution in [1.29, 1.82) is 0 Å². The van der Waals surface area contributed by atoms with E-state index in [9.17, 15) is 18.0 Å². The number of benzene rings is 2. The lowest BCUT2D eigenvalue weighted by molar-refractivity contribution is 0.0945. The van der Waals surface area contributed by atoms with Crippen LogP contribution < -0.4 is 10.6 Å². The van der Waals surface area contributed by atoms with Gasteiger partial charge in [-0.3, -0.25) is 4.79 Å². The highest BCUT2D eigenvalue weighted by Crippen LogP contribution is 2.17. The summed E-state index contributed by atoms with van der Waals surface area (Å²) in [6.07, 6.45) is 2.55. The van der Waals surface area contributed by atoms with Crippen LogP contribution in [0.4, 0.5) is 24.7 Å². The molecule has 2 N–H and O–H groups in total. The summed E-state index contributed by atoms with van der Waals surface area (Å²) < 4.78 is 38.9. The molecule has 0 aliphatic heterocycles. The third-order valence-electron chi connectivity index (χ3n) is 3.44. The number of halogens is 3. The van der Waals surface area contributed by atoms with E-state index in [2.05, 4.69) is 20.6 Å². The van der Waals surface area contributed by atoms with Gasteiger partial charge in [-0.05, 0) is 29.8 Å². The molecule has 26 heavy (non-hydrogen) atoms. The highest BCUT2D eigenvalue weighted by molar-refractivity contribution is 5.92. The second kappa shape index (κ2) is 7.64. The molecule has 0 bridgehead atoms. The number of aromatic nitrogens is 2. The number of amides is 1. The van der Waals surface area contributed by atoms with Crippen LogP contribution in [0.3, 0.4) is 0 Å². The van der Waals surface area contributed by atoms with Crippen molar-refractivity contribution in [2.45, 2.75) is 6.54 Å². The molecular weight excluding hydrogens is 345 g/mol. The van der Waals surface area contributed by atoms with Gasteiger partial charge < -0.3 is 10.6 Å². The molecule has 1 amide bonds. The first-order valence-electron chi connectivity index (χ1n) is 7.58. The molecule has 3 rings (SSSR count). The second-order valence-electron chi connectivity index (χ2n) is 5.35. The van der Waals surface area contributed by atoms with Gasteiger partial charge >= 0.3 is 0 Å². The van der Waals surface area contributed by atoms with Crippen LogP contribution in [0.15, 0.2) is 54.9 Å². The fraction of sp³-hybridized carbons (Fsp3) is 0.0556. The molecule has 0 aliphatic carbocycles. The zero-order valence-electron chi connectivity index (χ0n) is 13.3. The predicted octanol–water partition coefficient (Wildman–Crippen LogP) is 3.57. The van der Waals surface area contributed by atoms with E-state index in [1.54, 1.807) is 12.1 Å². The summed E-state index contributed by atoms with van der Waals surface area (Å²) in [5, 5.41) is 5.40. The maximum absolute atomic E-state index is 13.2. The second-order valence-corrected chi connectivity index (χ2v) is 5.35. The van der Waals surface area contributed by atoms with Gasteiger partial charge in [-0.25, -0.2) is 23.1 Å². The monoisotopic (exact) mass is 358 g/mol. The van der Waals surface area contributed by atoms with E-state index >= 15 is 0 Å². The zero-order valence-corrected chi connectivity index (χ0v) is 13.3. The quantitative estimate of drug-likeness (QED) is 0.732. The van der Waals surface area contributed by atoms with Crippen LogP contribution in [0, 0.1) is 17.5 Å². The summed E-state index contributed by atoms with van der Waals surface area (Å²) in [4.78, 5) is 20.0. The Morgan fingerprint density at radius 1 is 0.923 bits per heavy atom. The van der Waals surface area contributed by atoms with E-state index in [1.165, 1.54) is 30.6 Å². The van der Waals surface area contributed by atoms with Crippen LogP contribution in [0.2, 0.25) is 0 Å². The normalized spacial score (nSPS) is 10.4. The number of carbonyl (C=O) groups excluding carboxylic acids is 1. The van der Waals surface area contributed by atoms with Crippen LogP contribution in [0.5, 0.6) is 0 Å². The van der Waals surface area contributed by atoms with Gasteiger partial charge in [-0.15, -0.1) is 0 Å². The van der Waals surface area contributed by atoms with E-state index in [0.29, 0.717) is 5.69 Å². The number of hydrogen-bond donors (Lipinski definition) is 2. The Morgan fingerprint density at radius 3 is 2.35 bits per heavy atom. The van der Waals surface area contributed by atoms with E-state index in [4.69, 9.17) is 0 Å². The lowest BCUT2D eigenvalue weighted by atomic mass is 10.2. The summed E-state index contributed by atoms with van der Waals surface area (Å²) in [6, 6.07) is 9.07. The summed E-state index contributed by atoms with van der Waals surface area (Å²) >= 11 is 0. The fourth-order valence-electron chi connectivity index (χ4n) is 2.11. The Hall–Kier alpha value is -3.42. The molecule has 132 valence electrons. The van der Waals surface area contributed by atoms with Crippen molar-refractivity contribution >= 4 is 17.4 Å². The smallest absolute Gasteiger partial charge is 0.271 e. The van der Waals surface area contributed by atoms with E-state index in [0.717, 1.165) is 17.7 Å². The highest BCUT2D eigenvalue weighted by atomic mass is 19.2. The summed E-state index contributed by atoms with van der Waals surface area (Å²) in [5.74, 6) is -2.46. The van der Waals surface area contributed by atoms with Crippen molar-refractivity contribution in [1.82, 2.24) is 15.3 Å². The molecule has 0 aliphatic rings. The Morgan fingerprint density at radius 2 is 1.69 bits per heavy atom. The van der Waals surface area contributed by atoms with Crippen LogP contribution in [-0.4, -0.2) is 15.9 Å². The Kier molecular flexibility index (Phi) is 5.12. The maximum atomic E-state index is 13.2. The van der Waals surface area contributed by atoms with Gasteiger partial charge in [0.05, 0.1) is 12.4 Å². The third kappa shape index (κ3) is 4.35. The van der Waals surface area contributed by atoms with Gasteiger partial charge in [0.25, 0.3) is 5.91 Å². The third-order valence-corrected chi connectivity index (χ3v) is 3.44. The molecule has 0 atom stereocenters. The van der Waals surface area contributed by atoms with Gasteiger partial charge in [0, 0.05) is 18.3 Å². The average Bonchev–Trinajstić information content (AvgIpc) is 2.65. The minimum absolute atomic E-state index is 0.0861. The number of nitrogens with zero attached hydrogens (tertiary/aromatic N) is 2. The van der Waals surface area contributed by atoms with Crippen molar-refractivity contribution in [2.24, 2.45) is 0 Å². The zero-order chi connectivity index (χ0) is 18.5. The van der Waals surface area contributed by atoms with Crippen molar-refractivity contribution in [3.05, 3.63) is 83.6 Å². The van der Waals surface area contributed by atoms with E-state index in [1.807, 2.05) is 0 Å². The molecule has 0 saturated carbocycles. The molecule has 0 saturated heterocycles. The lowest BCUT2D eigenvalue weighted by Crippen LogP contribution is -2.24. The number of nitrogens with one attached hydrogen (secondary N) is 2. The number of rotatable bonds is 5. The van der Waals surface area contributed by atoms with Crippen molar-refractivity contribution in [3.8, 4) is 0 Å². The molecule has 0 unspecified atom stereocenters. The van der Waals surface area contributed by atoms with Crippen LogP contribution >= 0.6 is 0 Å². The molecule has 0 spiro atoms. The van der Waals surface area contributed by atoms with Crippen molar-refractivity contribution < 1.29 is 18.0 Å². The largest absolute Gasteiger partial charge is 0.347 e. The lowest BCUT2D eigenvalue weighted by Gasteiger charge is -2.07. The molecule has 3 aromatic rings. The number of anilines is 2. The molecule has 0 radical (unpaired) electrons. The topological polar surface area (TPSA) is 66.9 Å². The SMILES string of the molecule is O=C(NCc1ccc(F)cc1)c1cnc(Nc2ccc(F)c(F)c2)cn1. The summed E-state index contributed by atoms with van der Waals surface area (Å²) in [7, 11) is 0. The van der Waals surface area contributed by atoms with Crippen molar-refractivity contribution in [3.63, 3.8) is 0 Å². The molecule has 1 aromatic heterocycles. The molecular formula is C18H13F3N4O. The summed E-state index contributed by atoms with van der Waals surface area (Å²) in [5.41, 5.74) is 1.12. The summed E-state index contributed by atoms with van der Waals surface area (Å²) in [6.45, 7) is 0.218. The molecule has 1 heterocycles. The number of carbonyl (C=O) groups is 1. The van der Waals surface area contributed by atoms with Gasteiger partial charge in [-0.2, -0.15) is 0 Å². The van der Waals surface area contributed by atoms with Gasteiger partial charge in [0.1, 0.15) is 17.3 Å². The predicted molar refractivity (Wildman–Crippen MR) is 89.2 cm³/mol. The Bertz CT molecular complexity index is 915. The maximum Gasteiger partial charge on any atom is 0.271 e. The first-order chi connectivity index (χ1) is 12.5. The van der Waals surface area contributed by atoms with Gasteiger partial charge in [-0.1, -0.05) is 12.1 Å². The standard InChI is InChI=1S/C18H13F3N4O/c19-12-3-1-11(2-4-12)8-24-18(26)16-9-23-17(10-22-16)25-13-5-6-14(20)15(21)7-13/h1-7,9-10H,8H2,(H,23,25)(H,24,26). The van der Waals surface area contributed by atoms with Crippen LogP contribution in [0.1, 0.15) is 16.1 Å². The van der Waals surface area contributed by atoms with Crippen LogP contribution in [-0.2, 0) is 6.54 Å². The highest BCUT2D eigenvalue weighted by Gasteiger charge is 2.09. The number of hydrogen-bond acceptors (Lipinski definition) is 4. The van der Waals surface area contributed by atoms with Gasteiger partial charge in [0.15, 0.2) is 11.6 Å². The van der Waals surface area contributed by atoms with Gasteiger partial charge in [0.2, 0.25) is 0 Å². The fourth-order valence-corrected chi connectivity index (χ4v) is 2.11. The Labute approximate surface area is 146 Å². The Balaban J connectivity index is 1.60. The van der Waals surface area contributed by atoms with E-state index < -0.39 is 17.5 Å². The minimum Gasteiger partial charge on any atom is -0.347 e. The van der Waals surface area contributed by atoms with Crippen molar-refractivity contribution in [2.75, 3.05) is 5.32 Å². The average molecular weight is 358 g/mol. The molecule has 2 aromatic carbocycles. The van der Waals surface area contributed by atoms with Crippen LogP contribution in [0.25, 0.3) is 0 Å². The first kappa shape index (κ1) is 17.4. The molecule has 5 nitrogen and oxygen atoms in total. The first-order valence-corrected chi connectivity index (χ1v) is 7.58.